The summed E-state index contributed by atoms with van der Waals surface area (Å²) in [4.78, 5) is 0. The van der Waals surface area contributed by atoms with E-state index >= 15 is 0 Å². The molecule has 0 aromatic heterocycles. The lowest BCUT2D eigenvalue weighted by Crippen LogP contribution is -2.09. The monoisotopic (exact) mass is 223 g/mol. The number of halogens is 1. The van der Waals surface area contributed by atoms with Crippen LogP contribution < -0.4 is 10.5 Å². The molecule has 0 aliphatic rings. The van der Waals surface area contributed by atoms with Gasteiger partial charge in [-0.25, -0.2) is 4.39 Å². The van der Waals surface area contributed by atoms with Crippen molar-refractivity contribution < 1.29 is 9.13 Å². The van der Waals surface area contributed by atoms with Crippen molar-refractivity contribution in [3.8, 4) is 5.75 Å². The Balaban J connectivity index is 2.67. The smallest absolute Gasteiger partial charge is 0.124 e. The summed E-state index contributed by atoms with van der Waals surface area (Å²) in [6, 6.07) is 4.20. The molecule has 16 heavy (non-hydrogen) atoms. The van der Waals surface area contributed by atoms with Crippen LogP contribution in [0.2, 0.25) is 0 Å². The number of allylic oxidation sites excluding steroid dienone is 1. The Kier molecular flexibility index (Phi) is 4.99. The summed E-state index contributed by atoms with van der Waals surface area (Å²) in [7, 11) is 0. The van der Waals surface area contributed by atoms with Gasteiger partial charge in [0.05, 0.1) is 6.61 Å². The maximum atomic E-state index is 13.0. The number of hydrogen-bond donors (Lipinski definition) is 1. The van der Waals surface area contributed by atoms with Crippen LogP contribution in [-0.2, 0) is 0 Å². The van der Waals surface area contributed by atoms with Crippen LogP contribution in [0.25, 0.3) is 0 Å². The minimum atomic E-state index is -0.286. The molecule has 3 heteroatoms. The average molecular weight is 223 g/mol. The van der Waals surface area contributed by atoms with Gasteiger partial charge in [0.1, 0.15) is 11.6 Å². The average Bonchev–Trinajstić information content (AvgIpc) is 2.26. The van der Waals surface area contributed by atoms with Gasteiger partial charge < -0.3 is 10.5 Å². The van der Waals surface area contributed by atoms with Gasteiger partial charge >= 0.3 is 0 Å². The SMILES string of the molecule is C=CCCCOc1ccc(F)cc1[C@@H](C)N. The highest BCUT2D eigenvalue weighted by molar-refractivity contribution is 5.36. The van der Waals surface area contributed by atoms with Crippen molar-refractivity contribution in [2.75, 3.05) is 6.61 Å². The van der Waals surface area contributed by atoms with E-state index in [0.717, 1.165) is 12.8 Å². The fourth-order valence-electron chi connectivity index (χ4n) is 1.42. The molecule has 0 unspecified atom stereocenters. The van der Waals surface area contributed by atoms with Gasteiger partial charge in [-0.05, 0) is 38.0 Å². The van der Waals surface area contributed by atoms with Gasteiger partial charge in [0.25, 0.3) is 0 Å². The number of unbranched alkanes of at least 4 members (excludes halogenated alkanes) is 1. The molecule has 0 fully saturated rings. The number of ether oxygens (including phenoxy) is 1. The fourth-order valence-corrected chi connectivity index (χ4v) is 1.42. The van der Waals surface area contributed by atoms with Gasteiger partial charge in [0, 0.05) is 11.6 Å². The summed E-state index contributed by atoms with van der Waals surface area (Å²) in [6.07, 6.45) is 3.66. The Morgan fingerprint density at radius 3 is 2.94 bits per heavy atom. The third kappa shape index (κ3) is 3.66. The number of rotatable bonds is 6. The van der Waals surface area contributed by atoms with Gasteiger partial charge in [-0.3, -0.25) is 0 Å². The Morgan fingerprint density at radius 2 is 2.31 bits per heavy atom. The Bertz CT molecular complexity index is 350. The maximum Gasteiger partial charge on any atom is 0.124 e. The van der Waals surface area contributed by atoms with E-state index in [0.29, 0.717) is 17.9 Å². The van der Waals surface area contributed by atoms with Crippen molar-refractivity contribution in [3.05, 3.63) is 42.2 Å². The summed E-state index contributed by atoms with van der Waals surface area (Å²) >= 11 is 0. The van der Waals surface area contributed by atoms with E-state index in [2.05, 4.69) is 6.58 Å². The zero-order valence-corrected chi connectivity index (χ0v) is 9.58. The number of benzene rings is 1. The lowest BCUT2D eigenvalue weighted by Gasteiger charge is -2.13. The first-order valence-electron chi connectivity index (χ1n) is 5.44. The molecular formula is C13H18FNO. The lowest BCUT2D eigenvalue weighted by molar-refractivity contribution is 0.307. The lowest BCUT2D eigenvalue weighted by atomic mass is 10.1. The predicted molar refractivity (Wildman–Crippen MR) is 63.9 cm³/mol. The van der Waals surface area contributed by atoms with E-state index in [1.807, 2.05) is 13.0 Å². The quantitative estimate of drug-likeness (QED) is 0.593. The zero-order valence-electron chi connectivity index (χ0n) is 9.58. The molecule has 0 aliphatic heterocycles. The first-order chi connectivity index (χ1) is 7.65. The fraction of sp³-hybridized carbons (Fsp3) is 0.385. The van der Waals surface area contributed by atoms with Crippen LogP contribution in [0.4, 0.5) is 4.39 Å². The molecule has 2 nitrogen and oxygen atoms in total. The third-order valence-corrected chi connectivity index (χ3v) is 2.27. The number of hydrogen-bond acceptors (Lipinski definition) is 2. The second-order valence-corrected chi connectivity index (χ2v) is 3.75. The molecular weight excluding hydrogens is 205 g/mol. The first kappa shape index (κ1) is 12.7. The summed E-state index contributed by atoms with van der Waals surface area (Å²) in [5.74, 6) is 0.381. The van der Waals surface area contributed by atoms with Crippen molar-refractivity contribution in [1.29, 1.82) is 0 Å². The Hall–Kier alpha value is -1.35. The normalized spacial score (nSPS) is 12.2. The van der Waals surface area contributed by atoms with Crippen LogP contribution in [0.1, 0.15) is 31.4 Å². The van der Waals surface area contributed by atoms with Gasteiger partial charge in [0.15, 0.2) is 0 Å². The van der Waals surface area contributed by atoms with Crippen molar-refractivity contribution in [1.82, 2.24) is 0 Å². The molecule has 0 spiro atoms. The third-order valence-electron chi connectivity index (χ3n) is 2.27. The van der Waals surface area contributed by atoms with Crippen molar-refractivity contribution in [2.45, 2.75) is 25.8 Å². The summed E-state index contributed by atoms with van der Waals surface area (Å²) in [5.41, 5.74) is 6.46. The maximum absolute atomic E-state index is 13.0. The minimum Gasteiger partial charge on any atom is -0.493 e. The molecule has 1 atom stereocenters. The standard InChI is InChI=1S/C13H18FNO/c1-3-4-5-8-16-13-7-6-11(14)9-12(13)10(2)15/h3,6-7,9-10H,1,4-5,8,15H2,2H3/t10-/m1/s1. The molecule has 0 radical (unpaired) electrons. The summed E-state index contributed by atoms with van der Waals surface area (Å²) in [6.45, 7) is 6.04. The Morgan fingerprint density at radius 1 is 1.56 bits per heavy atom. The zero-order chi connectivity index (χ0) is 12.0. The molecule has 1 aromatic carbocycles. The van der Waals surface area contributed by atoms with Crippen molar-refractivity contribution in [2.24, 2.45) is 5.73 Å². The van der Waals surface area contributed by atoms with E-state index in [1.165, 1.54) is 12.1 Å². The number of nitrogens with two attached hydrogens (primary N) is 1. The molecule has 0 saturated heterocycles. The second kappa shape index (κ2) is 6.28. The highest BCUT2D eigenvalue weighted by Crippen LogP contribution is 2.24. The van der Waals surface area contributed by atoms with Crippen LogP contribution >= 0.6 is 0 Å². The van der Waals surface area contributed by atoms with Crippen LogP contribution in [0, 0.1) is 5.82 Å². The largest absolute Gasteiger partial charge is 0.493 e. The minimum absolute atomic E-state index is 0.231. The predicted octanol–water partition coefficient (Wildman–Crippen LogP) is 3.19. The van der Waals surface area contributed by atoms with Crippen LogP contribution in [-0.4, -0.2) is 6.61 Å². The van der Waals surface area contributed by atoms with Crippen LogP contribution in [0.15, 0.2) is 30.9 Å². The van der Waals surface area contributed by atoms with Crippen molar-refractivity contribution >= 4 is 0 Å². The molecule has 0 heterocycles. The second-order valence-electron chi connectivity index (χ2n) is 3.75. The topological polar surface area (TPSA) is 35.2 Å². The highest BCUT2D eigenvalue weighted by atomic mass is 19.1. The van der Waals surface area contributed by atoms with E-state index < -0.39 is 0 Å². The molecule has 1 aromatic rings. The summed E-state index contributed by atoms with van der Waals surface area (Å²) in [5, 5.41) is 0. The molecule has 88 valence electrons. The van der Waals surface area contributed by atoms with E-state index in [-0.39, 0.29) is 11.9 Å². The van der Waals surface area contributed by atoms with Gasteiger partial charge in [-0.15, -0.1) is 6.58 Å². The molecule has 1 rings (SSSR count). The van der Waals surface area contributed by atoms with Crippen molar-refractivity contribution in [3.63, 3.8) is 0 Å². The van der Waals surface area contributed by atoms with Crippen LogP contribution in [0.3, 0.4) is 0 Å². The van der Waals surface area contributed by atoms with E-state index in [4.69, 9.17) is 10.5 Å². The molecule has 0 aliphatic carbocycles. The van der Waals surface area contributed by atoms with Crippen LogP contribution in [0.5, 0.6) is 5.75 Å². The Labute approximate surface area is 95.9 Å². The highest BCUT2D eigenvalue weighted by Gasteiger charge is 2.09. The van der Waals surface area contributed by atoms with Gasteiger partial charge in [-0.2, -0.15) is 0 Å². The van der Waals surface area contributed by atoms with Gasteiger partial charge in [0.2, 0.25) is 0 Å². The molecule has 0 amide bonds. The van der Waals surface area contributed by atoms with Gasteiger partial charge in [-0.1, -0.05) is 6.08 Å². The van der Waals surface area contributed by atoms with E-state index in [1.54, 1.807) is 6.07 Å². The summed E-state index contributed by atoms with van der Waals surface area (Å²) < 4.78 is 18.6. The molecule has 0 bridgehead atoms. The molecule has 2 N–H and O–H groups in total. The van der Waals surface area contributed by atoms with E-state index in [9.17, 15) is 4.39 Å². The molecule has 0 saturated carbocycles. The first-order valence-corrected chi connectivity index (χ1v) is 5.44.